The molecule has 14 nitrogen and oxygen atoms in total. The van der Waals surface area contributed by atoms with Gasteiger partial charge in [0.15, 0.2) is 0 Å². The molecule has 12 aromatic carbocycles. The van der Waals surface area contributed by atoms with Crippen molar-refractivity contribution in [2.45, 2.75) is 5.79 Å². The van der Waals surface area contributed by atoms with Crippen molar-refractivity contribution in [1.29, 1.82) is 0 Å². The lowest BCUT2D eigenvalue weighted by atomic mass is 9.98. The molecule has 0 spiro atoms. The van der Waals surface area contributed by atoms with Crippen LogP contribution in [0.2, 0.25) is 0 Å². The van der Waals surface area contributed by atoms with E-state index in [4.69, 9.17) is 47.4 Å². The van der Waals surface area contributed by atoms with Crippen molar-refractivity contribution >= 4 is 136 Å². The predicted molar refractivity (Wildman–Crippen MR) is 501 cm³/mol. The van der Waals surface area contributed by atoms with Gasteiger partial charge in [0.2, 0.25) is 5.79 Å². The normalized spacial score (nSPS) is 12.3. The largest absolute Gasteiger partial charge is 0.497 e. The Hall–Kier alpha value is -13.6. The van der Waals surface area contributed by atoms with Gasteiger partial charge in [-0.25, -0.2) is 0 Å². The van der Waals surface area contributed by atoms with Crippen LogP contribution in [-0.4, -0.2) is 76.9 Å². The summed E-state index contributed by atoms with van der Waals surface area (Å²) < 4.78 is 59.5. The molecule has 0 saturated heterocycles. The maximum atomic E-state index is 7.28. The van der Waals surface area contributed by atoms with E-state index in [1.165, 1.54) is 0 Å². The molecule has 0 fully saturated rings. The van der Waals surface area contributed by atoms with Crippen molar-refractivity contribution in [3.05, 3.63) is 359 Å². The van der Waals surface area contributed by atoms with E-state index in [9.17, 15) is 0 Å². The smallest absolute Gasteiger partial charge is 0.225 e. The zero-order chi connectivity index (χ0) is 83.1. The van der Waals surface area contributed by atoms with E-state index in [0.717, 1.165) is 198 Å². The van der Waals surface area contributed by atoms with E-state index in [-0.39, 0.29) is 0 Å². The average molecular weight is 1670 g/mol. The number of rotatable bonds is 30. The first-order valence-electron chi connectivity index (χ1n) is 39.2. The summed E-state index contributed by atoms with van der Waals surface area (Å²) in [5.41, 5.74) is 19.8. The first-order chi connectivity index (χ1) is 59.4. The summed E-state index contributed by atoms with van der Waals surface area (Å²) in [6.07, 6.45) is 0. The molecule has 0 amide bonds. The molecule has 4 aromatic heterocycles. The van der Waals surface area contributed by atoms with Gasteiger partial charge >= 0.3 is 0 Å². The van der Waals surface area contributed by atoms with Crippen LogP contribution in [0, 0.1) is 0 Å². The first-order valence-corrected chi connectivity index (χ1v) is 42.5. The zero-order valence-corrected chi connectivity index (χ0v) is 71.6. The van der Waals surface area contributed by atoms with Gasteiger partial charge in [-0.2, -0.15) is 0 Å². The highest BCUT2D eigenvalue weighted by Gasteiger charge is 2.52. The lowest BCUT2D eigenvalue weighted by molar-refractivity contribution is -0.114. The van der Waals surface area contributed by atoms with Crippen molar-refractivity contribution in [1.82, 2.24) is 0 Å². The summed E-state index contributed by atoms with van der Waals surface area (Å²) in [5.74, 6) is 4.72. The van der Waals surface area contributed by atoms with E-state index in [2.05, 4.69) is 262 Å². The third kappa shape index (κ3) is 16.1. The van der Waals surface area contributed by atoms with Gasteiger partial charge in [-0.15, -0.1) is 45.3 Å². The number of thiophene rings is 4. The van der Waals surface area contributed by atoms with Gasteiger partial charge in [0.25, 0.3) is 0 Å². The van der Waals surface area contributed by atoms with Crippen LogP contribution in [0.5, 0.6) is 46.0 Å². The molecule has 0 saturated carbocycles. The van der Waals surface area contributed by atoms with Crippen LogP contribution in [0.25, 0.3) is 64.1 Å². The lowest BCUT2D eigenvalue weighted by Gasteiger charge is -2.32. The van der Waals surface area contributed by atoms with Crippen LogP contribution in [0.15, 0.2) is 340 Å². The number of hydrogen-bond acceptors (Lipinski definition) is 18. The van der Waals surface area contributed by atoms with E-state index in [1.54, 1.807) is 116 Å². The quantitative estimate of drug-likeness (QED) is 0.0399. The Balaban J connectivity index is 0.823. The topological polar surface area (TPSA) is 105 Å². The highest BCUT2D eigenvalue weighted by Crippen LogP contribution is 2.63. The maximum absolute atomic E-state index is 7.28. The monoisotopic (exact) mass is 1670 g/mol. The summed E-state index contributed by atoms with van der Waals surface area (Å²) in [7, 11) is 17.1. The van der Waals surface area contributed by atoms with Gasteiger partial charge < -0.3 is 67.0 Å². The second-order valence-corrected chi connectivity index (χ2v) is 32.6. The van der Waals surface area contributed by atoms with Gasteiger partial charge in [0.05, 0.1) is 56.9 Å². The van der Waals surface area contributed by atoms with Crippen LogP contribution >= 0.6 is 45.3 Å². The van der Waals surface area contributed by atoms with Crippen LogP contribution < -0.4 is 57.5 Å². The minimum Gasteiger partial charge on any atom is -0.497 e. The van der Waals surface area contributed by atoms with Crippen LogP contribution in [0.1, 0.15) is 19.5 Å². The number of nitrogens with zero attached hydrogens (tertiary/aromatic N) is 4. The van der Waals surface area contributed by atoms with Crippen LogP contribution in [0.3, 0.4) is 0 Å². The van der Waals surface area contributed by atoms with Crippen molar-refractivity contribution < 1.29 is 47.4 Å². The lowest BCUT2D eigenvalue weighted by Crippen LogP contribution is -2.34. The molecule has 1 aliphatic carbocycles. The van der Waals surface area contributed by atoms with Gasteiger partial charge in [-0.05, 0) is 313 Å². The van der Waals surface area contributed by atoms with Crippen molar-refractivity contribution in [3.8, 4) is 87.8 Å². The van der Waals surface area contributed by atoms with Gasteiger partial charge in [-0.3, -0.25) is 0 Å². The number of benzene rings is 12. The van der Waals surface area contributed by atoms with Crippen molar-refractivity contribution in [2.75, 3.05) is 90.7 Å². The van der Waals surface area contributed by atoms with Crippen LogP contribution in [-0.2, 0) is 9.47 Å². The minimum atomic E-state index is -1.48. The summed E-state index contributed by atoms with van der Waals surface area (Å²) in [5, 5.41) is 0. The summed E-state index contributed by atoms with van der Waals surface area (Å²) in [6, 6.07) is 118. The van der Waals surface area contributed by atoms with Gasteiger partial charge in [0.1, 0.15) is 46.0 Å². The molecule has 1 aliphatic rings. The number of hydrogen-bond donors (Lipinski definition) is 0. The predicted octanol–water partition coefficient (Wildman–Crippen LogP) is 28.1. The molecule has 17 rings (SSSR count). The molecule has 4 heterocycles. The SMILES string of the molecule is COc1ccc(N(c2ccc(OC)cc2)c2ccc(-c3ccc(C4=C(c5ccc(-c6ccc(N(c7ccc(OC)cc7)c7ccc(OC)cc7)cc6)s5)C(OC)(OC)C(c5ccc(-c6ccc(N(c7ccc(OC)cc7)c7ccc(OC)cc7)cc6)s5)=C4c4ccc(-c5ccc(N(c6ccc(OC)cc6)c6ccc(OC)cc6)cc5)s4)s3)cc2)cc1. The zero-order valence-electron chi connectivity index (χ0n) is 68.3. The Morgan fingerprint density at radius 3 is 0.463 bits per heavy atom. The molecule has 121 heavy (non-hydrogen) atoms. The fourth-order valence-corrected chi connectivity index (χ4v) is 19.8. The Morgan fingerprint density at radius 2 is 0.306 bits per heavy atom. The second kappa shape index (κ2) is 35.6. The molecule has 16 aromatic rings. The third-order valence-corrected chi connectivity index (χ3v) is 26.3. The fourth-order valence-electron chi connectivity index (χ4n) is 15.5. The Labute approximate surface area is 721 Å². The van der Waals surface area contributed by atoms with Gasteiger partial charge in [0, 0.05) is 144 Å². The molecule has 0 N–H and O–H groups in total. The molecule has 0 aliphatic heterocycles. The Morgan fingerprint density at radius 1 is 0.165 bits per heavy atom. The maximum Gasteiger partial charge on any atom is 0.225 e. The molecular formula is C103H86N4O10S4. The third-order valence-electron chi connectivity index (χ3n) is 21.7. The summed E-state index contributed by atoms with van der Waals surface area (Å²) >= 11 is 6.94. The highest BCUT2D eigenvalue weighted by atomic mass is 32.1. The van der Waals surface area contributed by atoms with E-state index in [0.29, 0.717) is 0 Å². The number of allylic oxidation sites excluding steroid dienone is 2. The molecule has 18 heteroatoms. The number of anilines is 12. The van der Waals surface area contributed by atoms with E-state index < -0.39 is 5.79 Å². The Bertz CT molecular complexity index is 5710. The Kier molecular flexibility index (Phi) is 23.5. The molecule has 0 atom stereocenters. The second-order valence-electron chi connectivity index (χ2n) is 28.3. The van der Waals surface area contributed by atoms with E-state index >= 15 is 0 Å². The molecule has 602 valence electrons. The number of methoxy groups -OCH3 is 10. The van der Waals surface area contributed by atoms with Gasteiger partial charge in [-0.1, -0.05) is 48.5 Å². The average Bonchev–Trinajstić information content (AvgIpc) is 1.54. The molecule has 0 radical (unpaired) electrons. The standard InChI is InChI=1S/C103H86N4O10S4/c1-108-83-43-27-75(28-44-83)104(76-29-45-84(109-2)46-30-76)71-19-11-67(12-20-71)91-59-63-95(118-91)99-100(96-64-60-92(119-96)68-13-21-72(22-14-68)105(77-31-47-85(110-3)48-32-77)78-33-49-86(111-4)50-34-78)102(98-66-62-94(121-98)70-17-25-74(26-18-70)107(81-39-55-89(114-7)56-40-81)82-41-57-90(115-8)58-42-82)103(116-9,117-10)101(99)97-65-61-93(120-97)69-15-23-73(24-16-69)106(79-35-51-87(112-5)52-36-79)80-37-53-88(113-6)54-38-80/h11-66H,1-10H3. The minimum absolute atomic E-state index is 0.775. The molecular weight excluding hydrogens is 1580 g/mol. The van der Waals surface area contributed by atoms with Crippen molar-refractivity contribution in [2.24, 2.45) is 0 Å². The highest BCUT2D eigenvalue weighted by molar-refractivity contribution is 7.19. The summed E-state index contributed by atoms with van der Waals surface area (Å²) in [4.78, 5) is 17.3. The van der Waals surface area contributed by atoms with Crippen molar-refractivity contribution in [3.63, 3.8) is 0 Å². The summed E-state index contributed by atoms with van der Waals surface area (Å²) in [6.45, 7) is 0. The molecule has 0 unspecified atom stereocenters. The number of ether oxygens (including phenoxy) is 10. The molecule has 0 bridgehead atoms. The first kappa shape index (κ1) is 79.9. The van der Waals surface area contributed by atoms with Crippen LogP contribution in [0.4, 0.5) is 68.2 Å². The van der Waals surface area contributed by atoms with E-state index in [1.807, 2.05) is 97.1 Å². The fraction of sp³-hybridized carbons (Fsp3) is 0.107.